The molecule has 0 amide bonds. The molecule has 0 aliphatic rings. The van der Waals surface area contributed by atoms with Crippen molar-refractivity contribution in [3.63, 3.8) is 0 Å². The lowest BCUT2D eigenvalue weighted by Gasteiger charge is -2.07. The molecule has 0 spiro atoms. The van der Waals surface area contributed by atoms with E-state index in [-0.39, 0.29) is 5.56 Å². The molecule has 1 aromatic carbocycles. The van der Waals surface area contributed by atoms with Gasteiger partial charge in [0, 0.05) is 13.0 Å². The second kappa shape index (κ2) is 6.05. The van der Waals surface area contributed by atoms with Crippen LogP contribution in [0.5, 0.6) is 0 Å². The first kappa shape index (κ1) is 15.0. The Kier molecular flexibility index (Phi) is 3.94. The topological polar surface area (TPSA) is 76.5 Å². The van der Waals surface area contributed by atoms with E-state index in [0.29, 0.717) is 30.4 Å². The Hall–Kier alpha value is -2.94. The van der Waals surface area contributed by atoms with Gasteiger partial charge in [0.05, 0.1) is 24.3 Å². The lowest BCUT2D eigenvalue weighted by atomic mass is 10.1. The first-order chi connectivity index (χ1) is 11.1. The molecule has 0 fully saturated rings. The number of aryl methyl sites for hydroxylation is 3. The molecule has 3 rings (SSSR count). The van der Waals surface area contributed by atoms with E-state index < -0.39 is 0 Å². The monoisotopic (exact) mass is 307 g/mol. The summed E-state index contributed by atoms with van der Waals surface area (Å²) >= 11 is 0. The summed E-state index contributed by atoms with van der Waals surface area (Å²) in [6.45, 7) is 4.54. The predicted octanol–water partition coefficient (Wildman–Crippen LogP) is 2.50. The fourth-order valence-corrected chi connectivity index (χ4v) is 2.70. The highest BCUT2D eigenvalue weighted by Gasteiger charge is 2.11. The van der Waals surface area contributed by atoms with Gasteiger partial charge in [-0.1, -0.05) is 6.07 Å². The molecule has 0 atom stereocenters. The number of fused-ring (bicyclic) bond motifs is 1. The van der Waals surface area contributed by atoms with Gasteiger partial charge in [-0.25, -0.2) is 9.67 Å². The van der Waals surface area contributed by atoms with Crippen LogP contribution < -0.4 is 5.56 Å². The molecule has 0 radical (unpaired) electrons. The number of rotatable bonds is 4. The van der Waals surface area contributed by atoms with Crippen LogP contribution in [0.25, 0.3) is 16.7 Å². The number of benzene rings is 1. The molecule has 2 aromatic heterocycles. The van der Waals surface area contributed by atoms with Crippen molar-refractivity contribution in [2.75, 3.05) is 0 Å². The van der Waals surface area contributed by atoms with E-state index in [4.69, 9.17) is 5.26 Å². The van der Waals surface area contributed by atoms with Crippen LogP contribution in [-0.4, -0.2) is 19.3 Å². The lowest BCUT2D eigenvalue weighted by molar-refractivity contribution is 0.626. The van der Waals surface area contributed by atoms with Gasteiger partial charge >= 0.3 is 0 Å². The molecule has 0 saturated heterocycles. The minimum atomic E-state index is -0.122. The van der Waals surface area contributed by atoms with Gasteiger partial charge in [-0.2, -0.15) is 10.4 Å². The van der Waals surface area contributed by atoms with Crippen molar-refractivity contribution < 1.29 is 0 Å². The van der Waals surface area contributed by atoms with E-state index in [1.54, 1.807) is 10.9 Å². The van der Waals surface area contributed by atoms with Gasteiger partial charge in [0.25, 0.3) is 5.56 Å². The molecular formula is C17H17N5O. The van der Waals surface area contributed by atoms with E-state index in [0.717, 1.165) is 16.8 Å². The van der Waals surface area contributed by atoms with E-state index in [1.165, 1.54) is 10.9 Å². The zero-order valence-corrected chi connectivity index (χ0v) is 13.2. The molecule has 0 unspecified atom stereocenters. The highest BCUT2D eigenvalue weighted by atomic mass is 16.1. The quantitative estimate of drug-likeness (QED) is 0.694. The summed E-state index contributed by atoms with van der Waals surface area (Å²) in [5.74, 6) is 0. The number of unbranched alkanes of at least 4 members (excludes halogenated alkanes) is 1. The Morgan fingerprint density at radius 3 is 2.65 bits per heavy atom. The molecule has 6 nitrogen and oxygen atoms in total. The Labute approximate surface area is 133 Å². The van der Waals surface area contributed by atoms with Crippen LogP contribution in [-0.2, 0) is 6.54 Å². The maximum Gasteiger partial charge on any atom is 0.264 e. The van der Waals surface area contributed by atoms with Crippen molar-refractivity contribution in [3.05, 3.63) is 52.2 Å². The zero-order valence-electron chi connectivity index (χ0n) is 13.2. The van der Waals surface area contributed by atoms with Crippen LogP contribution in [0, 0.1) is 25.2 Å². The average molecular weight is 307 g/mol. The maximum absolute atomic E-state index is 12.5. The van der Waals surface area contributed by atoms with Gasteiger partial charge in [-0.3, -0.25) is 9.36 Å². The molecule has 116 valence electrons. The normalized spacial score (nSPS) is 10.8. The largest absolute Gasteiger partial charge is 0.299 e. The maximum atomic E-state index is 12.5. The Morgan fingerprint density at radius 1 is 1.22 bits per heavy atom. The van der Waals surface area contributed by atoms with Crippen molar-refractivity contribution in [2.24, 2.45) is 0 Å². The highest BCUT2D eigenvalue weighted by molar-refractivity contribution is 5.75. The number of nitriles is 1. The van der Waals surface area contributed by atoms with Crippen LogP contribution in [0.1, 0.15) is 24.0 Å². The van der Waals surface area contributed by atoms with Gasteiger partial charge < -0.3 is 0 Å². The molecule has 0 N–H and O–H groups in total. The van der Waals surface area contributed by atoms with Crippen LogP contribution in [0.3, 0.4) is 0 Å². The number of nitrogens with zero attached hydrogens (tertiary/aromatic N) is 5. The summed E-state index contributed by atoms with van der Waals surface area (Å²) in [6.07, 6.45) is 4.15. The molecular weight excluding hydrogens is 290 g/mol. The van der Waals surface area contributed by atoms with E-state index in [9.17, 15) is 4.79 Å². The molecule has 0 aliphatic carbocycles. The molecule has 3 aromatic rings. The lowest BCUT2D eigenvalue weighted by Crippen LogP contribution is -2.20. The summed E-state index contributed by atoms with van der Waals surface area (Å²) in [5.41, 5.74) is 3.59. The Morgan fingerprint density at radius 2 is 1.96 bits per heavy atom. The van der Waals surface area contributed by atoms with Crippen molar-refractivity contribution in [1.29, 1.82) is 5.26 Å². The highest BCUT2D eigenvalue weighted by Crippen LogP contribution is 2.17. The summed E-state index contributed by atoms with van der Waals surface area (Å²) in [6, 6.07) is 8.19. The standard InChI is InChI=1S/C17H17N5O/c1-12-7-13(2)9-14(8-12)22-16-15(10-20-22)17(23)21(11-19-16)6-4-3-5-18/h7-11H,3-4,6H2,1-2H3. The van der Waals surface area contributed by atoms with Crippen LogP contribution >= 0.6 is 0 Å². The molecule has 0 bridgehead atoms. The second-order valence-electron chi connectivity index (χ2n) is 5.64. The zero-order chi connectivity index (χ0) is 16.4. The number of aromatic nitrogens is 4. The third kappa shape index (κ3) is 2.86. The van der Waals surface area contributed by atoms with Crippen molar-refractivity contribution >= 4 is 11.0 Å². The first-order valence-corrected chi connectivity index (χ1v) is 7.49. The van der Waals surface area contributed by atoms with Gasteiger partial charge in [0.1, 0.15) is 5.39 Å². The number of hydrogen-bond donors (Lipinski definition) is 0. The first-order valence-electron chi connectivity index (χ1n) is 7.49. The number of hydrogen-bond acceptors (Lipinski definition) is 4. The van der Waals surface area contributed by atoms with E-state index in [1.807, 2.05) is 26.0 Å². The van der Waals surface area contributed by atoms with Crippen LogP contribution in [0.2, 0.25) is 0 Å². The molecule has 0 saturated carbocycles. The summed E-state index contributed by atoms with van der Waals surface area (Å²) in [5, 5.41) is 13.4. The summed E-state index contributed by atoms with van der Waals surface area (Å²) < 4.78 is 3.23. The molecule has 6 heteroatoms. The Balaban J connectivity index is 2.07. The Bertz CT molecular complexity index is 941. The minimum absolute atomic E-state index is 0.122. The predicted molar refractivity (Wildman–Crippen MR) is 87.4 cm³/mol. The van der Waals surface area contributed by atoms with E-state index >= 15 is 0 Å². The van der Waals surface area contributed by atoms with Crippen molar-refractivity contribution in [1.82, 2.24) is 19.3 Å². The van der Waals surface area contributed by atoms with Crippen LogP contribution in [0.4, 0.5) is 0 Å². The second-order valence-corrected chi connectivity index (χ2v) is 5.64. The van der Waals surface area contributed by atoms with Gasteiger partial charge in [0.15, 0.2) is 5.65 Å². The average Bonchev–Trinajstić information content (AvgIpc) is 2.93. The van der Waals surface area contributed by atoms with E-state index in [2.05, 4.69) is 22.2 Å². The van der Waals surface area contributed by atoms with Crippen molar-refractivity contribution in [2.45, 2.75) is 33.2 Å². The van der Waals surface area contributed by atoms with Crippen molar-refractivity contribution in [3.8, 4) is 11.8 Å². The molecule has 23 heavy (non-hydrogen) atoms. The third-order valence-electron chi connectivity index (χ3n) is 3.69. The van der Waals surface area contributed by atoms with Gasteiger partial charge in [-0.05, 0) is 43.5 Å². The smallest absolute Gasteiger partial charge is 0.264 e. The van der Waals surface area contributed by atoms with Crippen LogP contribution in [0.15, 0.2) is 35.5 Å². The summed E-state index contributed by atoms with van der Waals surface area (Å²) in [7, 11) is 0. The third-order valence-corrected chi connectivity index (χ3v) is 3.69. The van der Waals surface area contributed by atoms with Gasteiger partial charge in [0.2, 0.25) is 0 Å². The SMILES string of the molecule is Cc1cc(C)cc(-n2ncc3c(=O)n(CCCC#N)cnc32)c1. The fourth-order valence-electron chi connectivity index (χ4n) is 2.70. The minimum Gasteiger partial charge on any atom is -0.299 e. The summed E-state index contributed by atoms with van der Waals surface area (Å²) in [4.78, 5) is 16.9. The fraction of sp³-hybridized carbons (Fsp3) is 0.294. The molecule has 2 heterocycles. The molecule has 0 aliphatic heterocycles. The van der Waals surface area contributed by atoms with Gasteiger partial charge in [-0.15, -0.1) is 0 Å².